The molecule has 96 valence electrons. The minimum atomic E-state index is 0.113. The predicted octanol–water partition coefficient (Wildman–Crippen LogP) is 1.16. The summed E-state index contributed by atoms with van der Waals surface area (Å²) in [7, 11) is 3.55. The van der Waals surface area contributed by atoms with Crippen LogP contribution in [0.15, 0.2) is 17.5 Å². The van der Waals surface area contributed by atoms with Gasteiger partial charge >= 0.3 is 0 Å². The molecule has 0 aliphatic heterocycles. The third-order valence-corrected chi connectivity index (χ3v) is 3.75. The van der Waals surface area contributed by atoms with E-state index in [1.807, 2.05) is 11.4 Å². The van der Waals surface area contributed by atoms with Crippen LogP contribution in [0.1, 0.15) is 17.8 Å². The van der Waals surface area contributed by atoms with Crippen LogP contribution in [0.2, 0.25) is 0 Å². The molecule has 0 saturated carbocycles. The molecule has 1 heterocycles. The average molecular weight is 255 g/mol. The third kappa shape index (κ3) is 3.80. The third-order valence-electron chi connectivity index (χ3n) is 2.78. The number of amides is 1. The van der Waals surface area contributed by atoms with Gasteiger partial charge in [-0.3, -0.25) is 9.69 Å². The van der Waals surface area contributed by atoms with E-state index in [-0.39, 0.29) is 11.9 Å². The maximum absolute atomic E-state index is 11.7. The first-order valence-corrected chi connectivity index (χ1v) is 6.65. The van der Waals surface area contributed by atoms with E-state index < -0.39 is 0 Å². The molecule has 0 aliphatic rings. The lowest BCUT2D eigenvalue weighted by molar-refractivity contribution is -0.130. The maximum atomic E-state index is 11.7. The smallest absolute Gasteiger partial charge is 0.236 e. The Bertz CT molecular complexity index is 338. The van der Waals surface area contributed by atoms with Crippen LogP contribution in [0.5, 0.6) is 0 Å². The summed E-state index contributed by atoms with van der Waals surface area (Å²) < 4.78 is 0. The number of likely N-dealkylation sites (N-methyl/N-ethyl adjacent to an activating group) is 2. The lowest BCUT2D eigenvalue weighted by Gasteiger charge is -2.29. The zero-order valence-corrected chi connectivity index (χ0v) is 11.5. The summed E-state index contributed by atoms with van der Waals surface area (Å²) in [5.41, 5.74) is 5.83. The van der Waals surface area contributed by atoms with Crippen molar-refractivity contribution in [2.45, 2.75) is 13.0 Å². The van der Waals surface area contributed by atoms with Crippen LogP contribution in [0.25, 0.3) is 0 Å². The lowest BCUT2D eigenvalue weighted by atomic mass is 10.2. The molecule has 1 rings (SSSR count). The fourth-order valence-corrected chi connectivity index (χ4v) is 2.56. The molecule has 0 aromatic carbocycles. The molecule has 1 aromatic heterocycles. The largest absolute Gasteiger partial charge is 0.348 e. The summed E-state index contributed by atoms with van der Waals surface area (Å²) in [5, 5.41) is 2.04. The molecule has 0 fully saturated rings. The zero-order chi connectivity index (χ0) is 12.8. The molecule has 0 saturated heterocycles. The first-order valence-electron chi connectivity index (χ1n) is 5.77. The highest BCUT2D eigenvalue weighted by Crippen LogP contribution is 2.23. The molecule has 1 atom stereocenters. The average Bonchev–Trinajstić information content (AvgIpc) is 2.81. The van der Waals surface area contributed by atoms with E-state index in [0.717, 1.165) is 6.54 Å². The number of hydrogen-bond donors (Lipinski definition) is 1. The fourth-order valence-electron chi connectivity index (χ4n) is 1.68. The van der Waals surface area contributed by atoms with Crippen molar-refractivity contribution in [2.75, 3.05) is 33.7 Å². The normalized spacial score (nSPS) is 12.8. The molecule has 2 N–H and O–H groups in total. The number of nitrogens with two attached hydrogens (primary N) is 1. The number of carbonyl (C=O) groups is 1. The highest BCUT2D eigenvalue weighted by atomic mass is 32.1. The van der Waals surface area contributed by atoms with Crippen molar-refractivity contribution in [1.82, 2.24) is 9.80 Å². The van der Waals surface area contributed by atoms with E-state index in [0.29, 0.717) is 13.1 Å². The Morgan fingerprint density at radius 3 is 2.65 bits per heavy atom. The quantitative estimate of drug-likeness (QED) is 0.830. The van der Waals surface area contributed by atoms with Gasteiger partial charge in [0.25, 0.3) is 0 Å². The molecule has 0 aliphatic carbocycles. The summed E-state index contributed by atoms with van der Waals surface area (Å²) in [6, 6.07) is 4.24. The molecule has 17 heavy (non-hydrogen) atoms. The van der Waals surface area contributed by atoms with Crippen molar-refractivity contribution < 1.29 is 4.79 Å². The summed E-state index contributed by atoms with van der Waals surface area (Å²) in [6.45, 7) is 3.83. The second-order valence-electron chi connectivity index (χ2n) is 4.12. The number of thiophene rings is 1. The molecule has 4 nitrogen and oxygen atoms in total. The van der Waals surface area contributed by atoms with Crippen molar-refractivity contribution in [2.24, 2.45) is 5.73 Å². The Hall–Kier alpha value is -0.910. The van der Waals surface area contributed by atoms with Crippen molar-refractivity contribution in [3.8, 4) is 0 Å². The van der Waals surface area contributed by atoms with Crippen molar-refractivity contribution in [3.05, 3.63) is 22.4 Å². The SMILES string of the molecule is CCN(CC(=O)N(C)C)C(CN)c1cccs1. The van der Waals surface area contributed by atoms with Gasteiger partial charge in [-0.05, 0) is 18.0 Å². The van der Waals surface area contributed by atoms with E-state index in [4.69, 9.17) is 5.73 Å². The molecule has 0 spiro atoms. The molecule has 0 bridgehead atoms. The van der Waals surface area contributed by atoms with Gasteiger partial charge in [-0.1, -0.05) is 13.0 Å². The maximum Gasteiger partial charge on any atom is 0.236 e. The van der Waals surface area contributed by atoms with Crippen molar-refractivity contribution in [3.63, 3.8) is 0 Å². The van der Waals surface area contributed by atoms with Crippen LogP contribution >= 0.6 is 11.3 Å². The van der Waals surface area contributed by atoms with Gasteiger partial charge in [-0.15, -0.1) is 11.3 Å². The minimum absolute atomic E-state index is 0.113. The Morgan fingerprint density at radius 1 is 1.53 bits per heavy atom. The van der Waals surface area contributed by atoms with Crippen LogP contribution in [-0.2, 0) is 4.79 Å². The van der Waals surface area contributed by atoms with Gasteiger partial charge in [0.2, 0.25) is 5.91 Å². The second-order valence-corrected chi connectivity index (χ2v) is 5.10. The van der Waals surface area contributed by atoms with E-state index in [1.54, 1.807) is 30.3 Å². The van der Waals surface area contributed by atoms with Gasteiger partial charge in [-0.2, -0.15) is 0 Å². The van der Waals surface area contributed by atoms with Crippen LogP contribution in [0, 0.1) is 0 Å². The Labute approximate surface area is 107 Å². The van der Waals surface area contributed by atoms with Crippen LogP contribution in [0.4, 0.5) is 0 Å². The predicted molar refractivity (Wildman–Crippen MR) is 72.1 cm³/mol. The Kier molecular flexibility index (Phi) is 5.61. The number of nitrogens with zero attached hydrogens (tertiary/aromatic N) is 2. The highest BCUT2D eigenvalue weighted by Gasteiger charge is 2.21. The molecular weight excluding hydrogens is 234 g/mol. The minimum Gasteiger partial charge on any atom is -0.348 e. The lowest BCUT2D eigenvalue weighted by Crippen LogP contribution is -2.40. The molecule has 0 radical (unpaired) electrons. The van der Waals surface area contributed by atoms with Crippen molar-refractivity contribution in [1.29, 1.82) is 0 Å². The van der Waals surface area contributed by atoms with Crippen LogP contribution < -0.4 is 5.73 Å². The van der Waals surface area contributed by atoms with Gasteiger partial charge in [0.15, 0.2) is 0 Å². The molecule has 5 heteroatoms. The van der Waals surface area contributed by atoms with E-state index in [1.165, 1.54) is 4.88 Å². The Morgan fingerprint density at radius 2 is 2.24 bits per heavy atom. The van der Waals surface area contributed by atoms with Gasteiger partial charge in [-0.25, -0.2) is 0 Å². The number of rotatable bonds is 6. The van der Waals surface area contributed by atoms with Gasteiger partial charge in [0, 0.05) is 25.5 Å². The zero-order valence-electron chi connectivity index (χ0n) is 10.7. The van der Waals surface area contributed by atoms with E-state index in [9.17, 15) is 4.79 Å². The second kappa shape index (κ2) is 6.74. The van der Waals surface area contributed by atoms with Crippen LogP contribution in [0.3, 0.4) is 0 Å². The summed E-state index contributed by atoms with van der Waals surface area (Å²) >= 11 is 1.69. The van der Waals surface area contributed by atoms with Gasteiger partial charge in [0.1, 0.15) is 0 Å². The fraction of sp³-hybridized carbons (Fsp3) is 0.583. The van der Waals surface area contributed by atoms with Gasteiger partial charge in [0.05, 0.1) is 12.6 Å². The summed E-state index contributed by atoms with van der Waals surface area (Å²) in [5.74, 6) is 0.113. The standard InChI is InChI=1S/C12H21N3OS/c1-4-15(9-12(16)14(2)3)10(8-13)11-6-5-7-17-11/h5-7,10H,4,8-9,13H2,1-3H3. The topological polar surface area (TPSA) is 49.6 Å². The first kappa shape index (κ1) is 14.2. The van der Waals surface area contributed by atoms with E-state index in [2.05, 4.69) is 17.9 Å². The monoisotopic (exact) mass is 255 g/mol. The molecular formula is C12H21N3OS. The highest BCUT2D eigenvalue weighted by molar-refractivity contribution is 7.10. The molecule has 1 unspecified atom stereocenters. The summed E-state index contributed by atoms with van der Waals surface area (Å²) in [6.07, 6.45) is 0. The van der Waals surface area contributed by atoms with Crippen LogP contribution in [-0.4, -0.2) is 49.4 Å². The van der Waals surface area contributed by atoms with Gasteiger partial charge < -0.3 is 10.6 Å². The number of carbonyl (C=O) groups excluding carboxylic acids is 1. The van der Waals surface area contributed by atoms with Crippen molar-refractivity contribution >= 4 is 17.2 Å². The Balaban J connectivity index is 2.74. The number of hydrogen-bond acceptors (Lipinski definition) is 4. The molecule has 1 amide bonds. The molecule has 1 aromatic rings. The first-order chi connectivity index (χ1) is 8.10. The van der Waals surface area contributed by atoms with E-state index >= 15 is 0 Å². The summed E-state index contributed by atoms with van der Waals surface area (Å²) in [4.78, 5) is 16.7.